The predicted molar refractivity (Wildman–Crippen MR) is 101 cm³/mol. The van der Waals surface area contributed by atoms with Gasteiger partial charge in [0.25, 0.3) is 0 Å². The van der Waals surface area contributed by atoms with Crippen molar-refractivity contribution in [1.82, 2.24) is 9.97 Å². The van der Waals surface area contributed by atoms with Crippen molar-refractivity contribution >= 4 is 17.7 Å². The number of carbonyl (C=O) groups is 1. The first kappa shape index (κ1) is 16.8. The van der Waals surface area contributed by atoms with Crippen molar-refractivity contribution in [3.05, 3.63) is 47.2 Å². The van der Waals surface area contributed by atoms with Crippen LogP contribution in [0.1, 0.15) is 29.7 Å². The van der Waals surface area contributed by atoms with Crippen molar-refractivity contribution in [2.75, 3.05) is 29.4 Å². The summed E-state index contributed by atoms with van der Waals surface area (Å²) in [6.45, 7) is 5.07. The molecule has 3 heterocycles. The van der Waals surface area contributed by atoms with Crippen LogP contribution in [0.3, 0.4) is 0 Å². The number of aromatic nitrogens is 2. The van der Waals surface area contributed by atoms with Gasteiger partial charge in [0.2, 0.25) is 5.95 Å². The first-order valence-electron chi connectivity index (χ1n) is 9.25. The van der Waals surface area contributed by atoms with Gasteiger partial charge < -0.3 is 14.9 Å². The first-order valence-corrected chi connectivity index (χ1v) is 9.25. The summed E-state index contributed by atoms with van der Waals surface area (Å²) in [6.07, 6.45) is 2.62. The summed E-state index contributed by atoms with van der Waals surface area (Å²) in [5.41, 5.74) is 3.65. The molecule has 2 aliphatic rings. The molecule has 1 fully saturated rings. The van der Waals surface area contributed by atoms with Gasteiger partial charge >= 0.3 is 5.97 Å². The lowest BCUT2D eigenvalue weighted by atomic mass is 9.98. The van der Waals surface area contributed by atoms with Crippen LogP contribution >= 0.6 is 0 Å². The standard InChI is InChI=1S/C20H24N4O2/c1-14-11-18(23-9-4-7-17(13-23)19(25)26)22-20(21-14)24-10-8-15-5-2-3-6-16(15)12-24/h2-3,5-6,11,17H,4,7-10,12-13H2,1H3,(H,25,26). The van der Waals surface area contributed by atoms with Crippen molar-refractivity contribution in [3.63, 3.8) is 0 Å². The minimum atomic E-state index is -0.715. The number of benzene rings is 1. The fourth-order valence-corrected chi connectivity index (χ4v) is 3.89. The highest BCUT2D eigenvalue weighted by Crippen LogP contribution is 2.26. The fourth-order valence-electron chi connectivity index (χ4n) is 3.89. The summed E-state index contributed by atoms with van der Waals surface area (Å²) in [6, 6.07) is 10.5. The molecule has 2 aliphatic heterocycles. The summed E-state index contributed by atoms with van der Waals surface area (Å²) in [4.78, 5) is 25.1. The topological polar surface area (TPSA) is 69.6 Å². The van der Waals surface area contributed by atoms with E-state index in [9.17, 15) is 9.90 Å². The summed E-state index contributed by atoms with van der Waals surface area (Å²) in [7, 11) is 0. The molecule has 0 spiro atoms. The van der Waals surface area contributed by atoms with Gasteiger partial charge in [0.05, 0.1) is 5.92 Å². The Balaban J connectivity index is 1.58. The van der Waals surface area contributed by atoms with Gasteiger partial charge in [-0.15, -0.1) is 0 Å². The van der Waals surface area contributed by atoms with E-state index in [-0.39, 0.29) is 5.92 Å². The third kappa shape index (κ3) is 3.36. The molecular formula is C20H24N4O2. The van der Waals surface area contributed by atoms with Crippen LogP contribution in [0, 0.1) is 12.8 Å². The van der Waals surface area contributed by atoms with Crippen molar-refractivity contribution in [1.29, 1.82) is 0 Å². The maximum absolute atomic E-state index is 11.4. The van der Waals surface area contributed by atoms with Crippen LogP contribution in [-0.4, -0.2) is 40.7 Å². The molecule has 0 saturated carbocycles. The average molecular weight is 352 g/mol. The van der Waals surface area contributed by atoms with E-state index in [1.165, 1.54) is 11.1 Å². The quantitative estimate of drug-likeness (QED) is 0.916. The Labute approximate surface area is 153 Å². The highest BCUT2D eigenvalue weighted by Gasteiger charge is 2.27. The first-order chi connectivity index (χ1) is 12.6. The van der Waals surface area contributed by atoms with Gasteiger partial charge in [-0.25, -0.2) is 4.98 Å². The molecule has 1 aromatic heterocycles. The van der Waals surface area contributed by atoms with Crippen LogP contribution in [-0.2, 0) is 17.8 Å². The van der Waals surface area contributed by atoms with E-state index >= 15 is 0 Å². The molecule has 1 atom stereocenters. The highest BCUT2D eigenvalue weighted by molar-refractivity contribution is 5.71. The molecule has 26 heavy (non-hydrogen) atoms. The Kier molecular flexibility index (Phi) is 4.49. The van der Waals surface area contributed by atoms with Crippen molar-refractivity contribution in [3.8, 4) is 0 Å². The highest BCUT2D eigenvalue weighted by atomic mass is 16.4. The summed E-state index contributed by atoms with van der Waals surface area (Å²) in [5.74, 6) is 0.557. The molecule has 6 heteroatoms. The maximum atomic E-state index is 11.4. The number of piperidine rings is 1. The molecular weight excluding hydrogens is 328 g/mol. The number of aliphatic carboxylic acids is 1. The number of hydrogen-bond donors (Lipinski definition) is 1. The predicted octanol–water partition coefficient (Wildman–Crippen LogP) is 2.65. The van der Waals surface area contributed by atoms with Gasteiger partial charge in [-0.2, -0.15) is 4.98 Å². The number of anilines is 2. The van der Waals surface area contributed by atoms with Gasteiger partial charge in [0.15, 0.2) is 0 Å². The van der Waals surface area contributed by atoms with E-state index in [1.54, 1.807) is 0 Å². The van der Waals surface area contributed by atoms with E-state index < -0.39 is 5.97 Å². The number of carboxylic acid groups (broad SMARTS) is 1. The van der Waals surface area contributed by atoms with Gasteiger partial charge in [-0.1, -0.05) is 24.3 Å². The smallest absolute Gasteiger partial charge is 0.308 e. The second-order valence-corrected chi connectivity index (χ2v) is 7.23. The van der Waals surface area contributed by atoms with Gasteiger partial charge in [0.1, 0.15) is 5.82 Å². The van der Waals surface area contributed by atoms with Crippen LogP contribution < -0.4 is 9.80 Å². The lowest BCUT2D eigenvalue weighted by Gasteiger charge is -2.33. The Morgan fingerprint density at radius 3 is 2.77 bits per heavy atom. The van der Waals surface area contributed by atoms with Gasteiger partial charge in [0, 0.05) is 37.9 Å². The molecule has 0 aliphatic carbocycles. The molecule has 0 radical (unpaired) electrons. The monoisotopic (exact) mass is 352 g/mol. The molecule has 1 aromatic carbocycles. The molecule has 1 saturated heterocycles. The SMILES string of the molecule is Cc1cc(N2CCCC(C(=O)O)C2)nc(N2CCc3ccccc3C2)n1. The largest absolute Gasteiger partial charge is 0.481 e. The number of rotatable bonds is 3. The normalized spacial score (nSPS) is 20.0. The van der Waals surface area contributed by atoms with Crippen molar-refractivity contribution in [2.45, 2.75) is 32.7 Å². The van der Waals surface area contributed by atoms with Crippen molar-refractivity contribution in [2.24, 2.45) is 5.92 Å². The summed E-state index contributed by atoms with van der Waals surface area (Å²) < 4.78 is 0. The third-order valence-corrected chi connectivity index (χ3v) is 5.34. The molecule has 0 bridgehead atoms. The zero-order valence-corrected chi connectivity index (χ0v) is 15.1. The molecule has 1 N–H and O–H groups in total. The number of carboxylic acids is 1. The number of nitrogens with zero attached hydrogens (tertiary/aromatic N) is 4. The fraction of sp³-hybridized carbons (Fsp3) is 0.450. The van der Waals surface area contributed by atoms with E-state index in [1.807, 2.05) is 13.0 Å². The Bertz CT molecular complexity index is 823. The zero-order valence-electron chi connectivity index (χ0n) is 15.1. The van der Waals surface area contributed by atoms with E-state index in [2.05, 4.69) is 39.0 Å². The van der Waals surface area contributed by atoms with E-state index in [0.717, 1.165) is 56.4 Å². The molecule has 1 unspecified atom stereocenters. The lowest BCUT2D eigenvalue weighted by Crippen LogP contribution is -2.39. The number of hydrogen-bond acceptors (Lipinski definition) is 5. The minimum Gasteiger partial charge on any atom is -0.481 e. The van der Waals surface area contributed by atoms with E-state index in [4.69, 9.17) is 4.98 Å². The second-order valence-electron chi connectivity index (χ2n) is 7.23. The number of fused-ring (bicyclic) bond motifs is 1. The third-order valence-electron chi connectivity index (χ3n) is 5.34. The summed E-state index contributed by atoms with van der Waals surface area (Å²) >= 11 is 0. The average Bonchev–Trinajstić information content (AvgIpc) is 2.67. The Morgan fingerprint density at radius 2 is 1.96 bits per heavy atom. The van der Waals surface area contributed by atoms with Crippen LogP contribution in [0.25, 0.3) is 0 Å². The van der Waals surface area contributed by atoms with Crippen LogP contribution in [0.5, 0.6) is 0 Å². The summed E-state index contributed by atoms with van der Waals surface area (Å²) in [5, 5.41) is 9.34. The Hall–Kier alpha value is -2.63. The molecule has 0 amide bonds. The Morgan fingerprint density at radius 1 is 1.15 bits per heavy atom. The van der Waals surface area contributed by atoms with Crippen LogP contribution in [0.2, 0.25) is 0 Å². The van der Waals surface area contributed by atoms with Crippen LogP contribution in [0.15, 0.2) is 30.3 Å². The molecule has 6 nitrogen and oxygen atoms in total. The molecule has 136 valence electrons. The van der Waals surface area contributed by atoms with Crippen molar-refractivity contribution < 1.29 is 9.90 Å². The van der Waals surface area contributed by atoms with Gasteiger partial charge in [-0.3, -0.25) is 4.79 Å². The second kappa shape index (κ2) is 6.94. The lowest BCUT2D eigenvalue weighted by molar-refractivity contribution is -0.141. The minimum absolute atomic E-state index is 0.315. The van der Waals surface area contributed by atoms with E-state index in [0.29, 0.717) is 6.54 Å². The zero-order chi connectivity index (χ0) is 18.1. The molecule has 4 rings (SSSR count). The number of aryl methyl sites for hydroxylation is 1. The van der Waals surface area contributed by atoms with Crippen LogP contribution in [0.4, 0.5) is 11.8 Å². The molecule has 2 aromatic rings. The van der Waals surface area contributed by atoms with Gasteiger partial charge in [-0.05, 0) is 37.3 Å². The maximum Gasteiger partial charge on any atom is 0.308 e.